The van der Waals surface area contributed by atoms with E-state index in [0.29, 0.717) is 23.1 Å². The summed E-state index contributed by atoms with van der Waals surface area (Å²) in [7, 11) is 1.58. The number of nitrogens with one attached hydrogen (secondary N) is 1. The van der Waals surface area contributed by atoms with Crippen molar-refractivity contribution in [1.29, 1.82) is 0 Å². The Morgan fingerprint density at radius 3 is 2.95 bits per heavy atom. The van der Waals surface area contributed by atoms with Gasteiger partial charge in [-0.15, -0.1) is 0 Å². The number of nitrogens with zero attached hydrogens (tertiary/aromatic N) is 2. The lowest BCUT2D eigenvalue weighted by molar-refractivity contribution is -0.384. The van der Waals surface area contributed by atoms with E-state index in [0.717, 1.165) is 6.42 Å². The first kappa shape index (κ1) is 13.8. The number of likely N-dealkylation sites (N-methyl/N-ethyl adjacent to an activating group) is 1. The molecule has 0 radical (unpaired) electrons. The van der Waals surface area contributed by atoms with Crippen LogP contribution in [0.25, 0.3) is 0 Å². The summed E-state index contributed by atoms with van der Waals surface area (Å²) >= 11 is 3.23. The summed E-state index contributed by atoms with van der Waals surface area (Å²) < 4.78 is 0.652. The van der Waals surface area contributed by atoms with E-state index in [1.165, 1.54) is 6.07 Å². The average molecular weight is 328 g/mol. The average Bonchev–Trinajstić information content (AvgIpc) is 2.86. The molecule has 0 aliphatic carbocycles. The van der Waals surface area contributed by atoms with E-state index in [1.807, 2.05) is 4.90 Å². The maximum atomic E-state index is 11.8. The van der Waals surface area contributed by atoms with Crippen molar-refractivity contribution in [3.63, 3.8) is 0 Å². The number of carbonyl (C=O) groups is 1. The number of hydrogen-bond donors (Lipinski definition) is 1. The summed E-state index contributed by atoms with van der Waals surface area (Å²) in [5, 5.41) is 13.7. The minimum atomic E-state index is -0.417. The minimum Gasteiger partial charge on any atom is -0.357 e. The Morgan fingerprint density at radius 1 is 1.58 bits per heavy atom. The number of nitro benzene ring substituents is 1. The second kappa shape index (κ2) is 5.56. The van der Waals surface area contributed by atoms with Crippen LogP contribution in [0, 0.1) is 10.1 Å². The van der Waals surface area contributed by atoms with Crippen molar-refractivity contribution in [2.75, 3.05) is 18.5 Å². The third-order valence-electron chi connectivity index (χ3n) is 3.25. The van der Waals surface area contributed by atoms with Gasteiger partial charge in [-0.1, -0.05) is 15.9 Å². The normalized spacial score (nSPS) is 18.4. The number of benzene rings is 1. The predicted molar refractivity (Wildman–Crippen MR) is 75.2 cm³/mol. The van der Waals surface area contributed by atoms with E-state index >= 15 is 0 Å². The number of hydrogen-bond acceptors (Lipinski definition) is 4. The molecular weight excluding hydrogens is 314 g/mol. The zero-order valence-electron chi connectivity index (χ0n) is 10.4. The van der Waals surface area contributed by atoms with Gasteiger partial charge in [-0.25, -0.2) is 0 Å². The van der Waals surface area contributed by atoms with Gasteiger partial charge in [0.25, 0.3) is 5.69 Å². The van der Waals surface area contributed by atoms with Crippen LogP contribution in [-0.4, -0.2) is 30.5 Å². The van der Waals surface area contributed by atoms with E-state index in [-0.39, 0.29) is 17.6 Å². The lowest BCUT2D eigenvalue weighted by Gasteiger charge is -2.25. The molecule has 19 heavy (non-hydrogen) atoms. The van der Waals surface area contributed by atoms with Gasteiger partial charge in [0.2, 0.25) is 5.91 Å². The van der Waals surface area contributed by atoms with Crippen LogP contribution in [0.15, 0.2) is 22.7 Å². The maximum Gasteiger partial charge on any atom is 0.293 e. The van der Waals surface area contributed by atoms with Crippen LogP contribution in [0.1, 0.15) is 12.8 Å². The van der Waals surface area contributed by atoms with Crippen LogP contribution in [-0.2, 0) is 4.79 Å². The molecular formula is C12H14BrN3O3. The fourth-order valence-corrected chi connectivity index (χ4v) is 2.73. The molecule has 1 aromatic rings. The van der Waals surface area contributed by atoms with E-state index in [9.17, 15) is 14.9 Å². The highest BCUT2D eigenvalue weighted by Crippen LogP contribution is 2.35. The van der Waals surface area contributed by atoms with Crippen LogP contribution in [0.2, 0.25) is 0 Å². The van der Waals surface area contributed by atoms with E-state index < -0.39 is 4.92 Å². The SMILES string of the molecule is CNC(=O)C1CCCN1c1ccc(Br)cc1[N+](=O)[O-]. The second-order valence-electron chi connectivity index (χ2n) is 4.36. The van der Waals surface area contributed by atoms with E-state index in [1.54, 1.807) is 19.2 Å². The van der Waals surface area contributed by atoms with E-state index in [2.05, 4.69) is 21.2 Å². The summed E-state index contributed by atoms with van der Waals surface area (Å²) in [5.41, 5.74) is 0.518. The summed E-state index contributed by atoms with van der Waals surface area (Å²) in [5.74, 6) is -0.102. The smallest absolute Gasteiger partial charge is 0.293 e. The molecule has 1 fully saturated rings. The molecule has 1 aliphatic rings. The van der Waals surface area contributed by atoms with Crippen LogP contribution in [0.5, 0.6) is 0 Å². The maximum absolute atomic E-state index is 11.8. The van der Waals surface area contributed by atoms with Gasteiger partial charge >= 0.3 is 0 Å². The van der Waals surface area contributed by atoms with Crippen molar-refractivity contribution in [2.24, 2.45) is 0 Å². The molecule has 102 valence electrons. The van der Waals surface area contributed by atoms with Crippen LogP contribution >= 0.6 is 15.9 Å². The number of anilines is 1. The third-order valence-corrected chi connectivity index (χ3v) is 3.74. The molecule has 7 heteroatoms. The van der Waals surface area contributed by atoms with Crippen molar-refractivity contribution in [1.82, 2.24) is 5.32 Å². The summed E-state index contributed by atoms with van der Waals surface area (Å²) in [4.78, 5) is 24.3. The molecule has 0 aromatic heterocycles. The van der Waals surface area contributed by atoms with E-state index in [4.69, 9.17) is 0 Å². The number of carbonyl (C=O) groups excluding carboxylic acids is 1. The molecule has 1 amide bonds. The quantitative estimate of drug-likeness (QED) is 0.681. The Morgan fingerprint density at radius 2 is 2.32 bits per heavy atom. The fraction of sp³-hybridized carbons (Fsp3) is 0.417. The van der Waals surface area contributed by atoms with Gasteiger partial charge in [0, 0.05) is 24.1 Å². The summed E-state index contributed by atoms with van der Waals surface area (Å²) in [6.07, 6.45) is 1.57. The fourth-order valence-electron chi connectivity index (χ4n) is 2.38. The highest BCUT2D eigenvalue weighted by atomic mass is 79.9. The van der Waals surface area contributed by atoms with Gasteiger partial charge in [0.1, 0.15) is 11.7 Å². The summed E-state index contributed by atoms with van der Waals surface area (Å²) in [6.45, 7) is 0.653. The van der Waals surface area contributed by atoms with Crippen molar-refractivity contribution in [3.8, 4) is 0 Å². The molecule has 0 bridgehead atoms. The zero-order chi connectivity index (χ0) is 14.0. The highest BCUT2D eigenvalue weighted by Gasteiger charge is 2.33. The van der Waals surface area contributed by atoms with Crippen molar-refractivity contribution in [2.45, 2.75) is 18.9 Å². The first-order chi connectivity index (χ1) is 9.04. The Balaban J connectivity index is 2.40. The minimum absolute atomic E-state index is 0.0187. The molecule has 2 rings (SSSR count). The number of amides is 1. The number of nitro groups is 1. The van der Waals surface area contributed by atoms with Crippen LogP contribution in [0.4, 0.5) is 11.4 Å². The molecule has 1 aliphatic heterocycles. The lowest BCUT2D eigenvalue weighted by atomic mass is 10.2. The largest absolute Gasteiger partial charge is 0.357 e. The monoisotopic (exact) mass is 327 g/mol. The first-order valence-electron chi connectivity index (χ1n) is 5.96. The molecule has 1 unspecified atom stereocenters. The van der Waals surface area contributed by atoms with Crippen LogP contribution in [0.3, 0.4) is 0 Å². The Labute approximate surface area is 119 Å². The van der Waals surface area contributed by atoms with Gasteiger partial charge in [-0.3, -0.25) is 14.9 Å². The second-order valence-corrected chi connectivity index (χ2v) is 5.27. The summed E-state index contributed by atoms with van der Waals surface area (Å²) in [6, 6.07) is 4.57. The van der Waals surface area contributed by atoms with Crippen molar-refractivity contribution < 1.29 is 9.72 Å². The molecule has 1 aromatic carbocycles. The Bertz CT molecular complexity index is 521. The molecule has 1 heterocycles. The van der Waals surface area contributed by atoms with Crippen molar-refractivity contribution >= 4 is 33.2 Å². The number of rotatable bonds is 3. The molecule has 6 nitrogen and oxygen atoms in total. The first-order valence-corrected chi connectivity index (χ1v) is 6.76. The van der Waals surface area contributed by atoms with Gasteiger partial charge in [-0.2, -0.15) is 0 Å². The van der Waals surface area contributed by atoms with Gasteiger partial charge < -0.3 is 10.2 Å². The third kappa shape index (κ3) is 2.70. The van der Waals surface area contributed by atoms with Crippen LogP contribution < -0.4 is 10.2 Å². The molecule has 1 atom stereocenters. The zero-order valence-corrected chi connectivity index (χ0v) is 12.0. The lowest BCUT2D eigenvalue weighted by Crippen LogP contribution is -2.42. The Hall–Kier alpha value is -1.63. The standard InChI is InChI=1S/C12H14BrN3O3/c1-14-12(17)10-3-2-6-15(10)9-5-4-8(13)7-11(9)16(18)19/h4-5,7,10H,2-3,6H2,1H3,(H,14,17). The van der Waals surface area contributed by atoms with Gasteiger partial charge in [-0.05, 0) is 25.0 Å². The molecule has 0 saturated carbocycles. The number of halogens is 1. The molecule has 1 saturated heterocycles. The molecule has 0 spiro atoms. The van der Waals surface area contributed by atoms with Crippen molar-refractivity contribution in [3.05, 3.63) is 32.8 Å². The topological polar surface area (TPSA) is 75.5 Å². The highest BCUT2D eigenvalue weighted by molar-refractivity contribution is 9.10. The van der Waals surface area contributed by atoms with Gasteiger partial charge in [0.05, 0.1) is 4.92 Å². The predicted octanol–water partition coefficient (Wildman–Crippen LogP) is 2.07. The Kier molecular flexibility index (Phi) is 4.04. The van der Waals surface area contributed by atoms with Gasteiger partial charge in [0.15, 0.2) is 0 Å². The molecule has 1 N–H and O–H groups in total.